The van der Waals surface area contributed by atoms with E-state index in [-0.39, 0.29) is 6.79 Å². The topological polar surface area (TPSA) is 30.5 Å². The molecular weight excluding hydrogens is 285 g/mol. The molecule has 2 aromatic rings. The van der Waals surface area contributed by atoms with Crippen LogP contribution in [0.5, 0.6) is 11.5 Å². The summed E-state index contributed by atoms with van der Waals surface area (Å²) in [5.41, 5.74) is 1.90. The van der Waals surface area contributed by atoms with E-state index in [0.717, 1.165) is 22.7 Å². The van der Waals surface area contributed by atoms with Crippen molar-refractivity contribution < 1.29 is 9.47 Å². The second-order valence-corrected chi connectivity index (χ2v) is 5.00. The molecule has 0 aromatic heterocycles. The van der Waals surface area contributed by atoms with E-state index in [1.165, 1.54) is 0 Å². The molecule has 0 amide bonds. The number of halogens is 2. The third-order valence-electron chi connectivity index (χ3n) is 2.86. The molecule has 1 aliphatic rings. The highest BCUT2D eigenvalue weighted by Gasteiger charge is 2.13. The summed E-state index contributed by atoms with van der Waals surface area (Å²) in [6, 6.07) is 11.1. The molecule has 0 atom stereocenters. The Labute approximate surface area is 121 Å². The lowest BCUT2D eigenvalue weighted by atomic mass is 10.2. The van der Waals surface area contributed by atoms with Crippen molar-refractivity contribution in [2.45, 2.75) is 6.54 Å². The standard InChI is InChI=1S/C14H11Cl2NO2/c15-10-1-3-12(16)9(5-10)7-17-11-2-4-13-14(6-11)19-8-18-13/h1-6,17H,7-8H2. The number of anilines is 1. The van der Waals surface area contributed by atoms with E-state index >= 15 is 0 Å². The highest BCUT2D eigenvalue weighted by Crippen LogP contribution is 2.34. The third kappa shape index (κ3) is 2.72. The van der Waals surface area contributed by atoms with Crippen molar-refractivity contribution in [3.63, 3.8) is 0 Å². The van der Waals surface area contributed by atoms with Crippen LogP contribution < -0.4 is 14.8 Å². The van der Waals surface area contributed by atoms with Crippen molar-refractivity contribution in [1.82, 2.24) is 0 Å². The molecule has 0 radical (unpaired) electrons. The van der Waals surface area contributed by atoms with Crippen LogP contribution in [0.25, 0.3) is 0 Å². The Hall–Kier alpha value is -1.58. The summed E-state index contributed by atoms with van der Waals surface area (Å²) in [5.74, 6) is 1.52. The minimum atomic E-state index is 0.277. The van der Waals surface area contributed by atoms with Gasteiger partial charge in [0.2, 0.25) is 6.79 Å². The zero-order valence-electron chi connectivity index (χ0n) is 9.95. The fraction of sp³-hybridized carbons (Fsp3) is 0.143. The summed E-state index contributed by atoms with van der Waals surface area (Å²) in [5, 5.41) is 4.65. The van der Waals surface area contributed by atoms with Crippen LogP contribution in [0.1, 0.15) is 5.56 Å². The summed E-state index contributed by atoms with van der Waals surface area (Å²) in [7, 11) is 0. The summed E-state index contributed by atoms with van der Waals surface area (Å²) >= 11 is 12.1. The maximum atomic E-state index is 6.11. The molecule has 0 aliphatic carbocycles. The van der Waals surface area contributed by atoms with Gasteiger partial charge in [-0.25, -0.2) is 0 Å². The SMILES string of the molecule is Clc1ccc(Cl)c(CNc2ccc3c(c2)OCO3)c1. The molecule has 0 fully saturated rings. The molecule has 0 bridgehead atoms. The predicted molar refractivity (Wildman–Crippen MR) is 76.4 cm³/mol. The van der Waals surface area contributed by atoms with Crippen LogP contribution >= 0.6 is 23.2 Å². The number of hydrogen-bond acceptors (Lipinski definition) is 3. The number of rotatable bonds is 3. The Morgan fingerprint density at radius 2 is 1.84 bits per heavy atom. The molecule has 3 rings (SSSR count). The van der Waals surface area contributed by atoms with E-state index in [1.54, 1.807) is 12.1 Å². The largest absolute Gasteiger partial charge is 0.454 e. The van der Waals surface area contributed by atoms with Crippen LogP contribution in [-0.2, 0) is 6.54 Å². The Kier molecular flexibility index (Phi) is 3.40. The van der Waals surface area contributed by atoms with Crippen molar-refractivity contribution in [2.75, 3.05) is 12.1 Å². The van der Waals surface area contributed by atoms with Gasteiger partial charge in [-0.05, 0) is 35.9 Å². The monoisotopic (exact) mass is 295 g/mol. The van der Waals surface area contributed by atoms with Gasteiger partial charge in [0, 0.05) is 28.3 Å². The van der Waals surface area contributed by atoms with E-state index in [0.29, 0.717) is 16.6 Å². The Balaban J connectivity index is 1.74. The van der Waals surface area contributed by atoms with E-state index in [4.69, 9.17) is 32.7 Å². The van der Waals surface area contributed by atoms with Gasteiger partial charge in [-0.2, -0.15) is 0 Å². The van der Waals surface area contributed by atoms with Crippen LogP contribution in [0.2, 0.25) is 10.0 Å². The normalized spacial score (nSPS) is 12.5. The molecule has 1 heterocycles. The predicted octanol–water partition coefficient (Wildman–Crippen LogP) is 4.33. The first kappa shape index (κ1) is 12.5. The fourth-order valence-electron chi connectivity index (χ4n) is 1.88. The average molecular weight is 296 g/mol. The molecule has 2 aromatic carbocycles. The quantitative estimate of drug-likeness (QED) is 0.914. The van der Waals surface area contributed by atoms with Crippen LogP contribution in [0.3, 0.4) is 0 Å². The van der Waals surface area contributed by atoms with Gasteiger partial charge in [0.15, 0.2) is 11.5 Å². The zero-order chi connectivity index (χ0) is 13.2. The van der Waals surface area contributed by atoms with Gasteiger partial charge >= 0.3 is 0 Å². The van der Waals surface area contributed by atoms with Crippen LogP contribution in [0.4, 0.5) is 5.69 Å². The smallest absolute Gasteiger partial charge is 0.231 e. The molecular formula is C14H11Cl2NO2. The van der Waals surface area contributed by atoms with Gasteiger partial charge in [0.1, 0.15) is 0 Å². The molecule has 0 unspecified atom stereocenters. The number of fused-ring (bicyclic) bond motifs is 1. The first-order valence-corrected chi connectivity index (χ1v) is 6.55. The molecule has 1 aliphatic heterocycles. The van der Waals surface area contributed by atoms with Crippen molar-refractivity contribution in [3.05, 3.63) is 52.0 Å². The second-order valence-electron chi connectivity index (χ2n) is 4.16. The first-order valence-electron chi connectivity index (χ1n) is 5.80. The second kappa shape index (κ2) is 5.19. The van der Waals surface area contributed by atoms with Gasteiger partial charge in [-0.3, -0.25) is 0 Å². The first-order chi connectivity index (χ1) is 9.22. The summed E-state index contributed by atoms with van der Waals surface area (Å²) < 4.78 is 10.6. The maximum absolute atomic E-state index is 6.11. The van der Waals surface area contributed by atoms with Gasteiger partial charge in [-0.15, -0.1) is 0 Å². The van der Waals surface area contributed by atoms with Crippen molar-refractivity contribution in [1.29, 1.82) is 0 Å². The zero-order valence-corrected chi connectivity index (χ0v) is 11.5. The number of benzene rings is 2. The fourth-order valence-corrected chi connectivity index (χ4v) is 2.26. The highest BCUT2D eigenvalue weighted by atomic mass is 35.5. The summed E-state index contributed by atoms with van der Waals surface area (Å²) in [4.78, 5) is 0. The summed E-state index contributed by atoms with van der Waals surface area (Å²) in [6.07, 6.45) is 0. The van der Waals surface area contributed by atoms with Crippen LogP contribution in [-0.4, -0.2) is 6.79 Å². The van der Waals surface area contributed by atoms with E-state index in [2.05, 4.69) is 5.32 Å². The van der Waals surface area contributed by atoms with Crippen molar-refractivity contribution in [2.24, 2.45) is 0 Å². The third-order valence-corrected chi connectivity index (χ3v) is 3.47. The van der Waals surface area contributed by atoms with Crippen molar-refractivity contribution >= 4 is 28.9 Å². The molecule has 98 valence electrons. The lowest BCUT2D eigenvalue weighted by molar-refractivity contribution is 0.174. The number of hydrogen-bond donors (Lipinski definition) is 1. The molecule has 0 saturated heterocycles. The molecule has 3 nitrogen and oxygen atoms in total. The molecule has 0 saturated carbocycles. The maximum Gasteiger partial charge on any atom is 0.231 e. The van der Waals surface area contributed by atoms with Gasteiger partial charge in [0.25, 0.3) is 0 Å². The van der Waals surface area contributed by atoms with Gasteiger partial charge in [0.05, 0.1) is 0 Å². The summed E-state index contributed by atoms with van der Waals surface area (Å²) in [6.45, 7) is 0.873. The van der Waals surface area contributed by atoms with Crippen LogP contribution in [0.15, 0.2) is 36.4 Å². The number of nitrogens with one attached hydrogen (secondary N) is 1. The van der Waals surface area contributed by atoms with E-state index in [9.17, 15) is 0 Å². The minimum absolute atomic E-state index is 0.277. The molecule has 0 spiro atoms. The Morgan fingerprint density at radius 3 is 2.74 bits per heavy atom. The minimum Gasteiger partial charge on any atom is -0.454 e. The molecule has 1 N–H and O–H groups in total. The average Bonchev–Trinajstić information content (AvgIpc) is 2.87. The molecule has 5 heteroatoms. The lowest BCUT2D eigenvalue weighted by Gasteiger charge is -2.09. The van der Waals surface area contributed by atoms with Gasteiger partial charge < -0.3 is 14.8 Å². The lowest BCUT2D eigenvalue weighted by Crippen LogP contribution is -2.00. The van der Waals surface area contributed by atoms with Crippen molar-refractivity contribution in [3.8, 4) is 11.5 Å². The van der Waals surface area contributed by atoms with E-state index < -0.39 is 0 Å². The van der Waals surface area contributed by atoms with Crippen LogP contribution in [0, 0.1) is 0 Å². The molecule has 19 heavy (non-hydrogen) atoms. The van der Waals surface area contributed by atoms with E-state index in [1.807, 2.05) is 24.3 Å². The Bertz CT molecular complexity index is 616. The highest BCUT2D eigenvalue weighted by molar-refractivity contribution is 6.33. The number of ether oxygens (including phenoxy) is 2. The Morgan fingerprint density at radius 1 is 1.00 bits per heavy atom. The van der Waals surface area contributed by atoms with Gasteiger partial charge in [-0.1, -0.05) is 23.2 Å².